The molecule has 2 aromatic rings. The lowest BCUT2D eigenvalue weighted by atomic mass is 10.0. The Morgan fingerprint density at radius 1 is 1.24 bits per heavy atom. The van der Waals surface area contributed by atoms with E-state index in [2.05, 4.69) is 0 Å². The van der Waals surface area contributed by atoms with E-state index in [0.29, 0.717) is 22.1 Å². The second-order valence-electron chi connectivity index (χ2n) is 6.71. The van der Waals surface area contributed by atoms with E-state index < -0.39 is 32.4 Å². The molecule has 1 aliphatic heterocycles. The fourth-order valence-electron chi connectivity index (χ4n) is 3.77. The lowest BCUT2D eigenvalue weighted by Gasteiger charge is -2.09. The zero-order chi connectivity index (χ0) is 20.8. The maximum atomic E-state index is 13.3. The van der Waals surface area contributed by atoms with Gasteiger partial charge in [0.25, 0.3) is 0 Å². The number of fused-ring (bicyclic) bond motifs is 1. The standard InChI is InChI=1S/C20H16ClNO6S/c1-2-26-19(23)20(10-22)17(12-3-8-15-16(9-12)28-11-27-15)18(20)29(24,25)14-6-4-13(21)5-7-14/h3-9,17-18H,2,11H2,1H3/t17-,18-,20-/m1/s1. The van der Waals surface area contributed by atoms with E-state index in [0.717, 1.165) is 0 Å². The van der Waals surface area contributed by atoms with Crippen LogP contribution in [-0.4, -0.2) is 33.0 Å². The molecule has 3 atom stereocenters. The molecule has 2 aromatic carbocycles. The van der Waals surface area contributed by atoms with Crippen molar-refractivity contribution in [3.8, 4) is 17.6 Å². The molecule has 2 aliphatic rings. The Bertz CT molecular complexity index is 1120. The predicted octanol–water partition coefficient (Wildman–Crippen LogP) is 3.08. The lowest BCUT2D eigenvalue weighted by Crippen LogP contribution is -2.25. The Morgan fingerprint density at radius 3 is 2.59 bits per heavy atom. The van der Waals surface area contributed by atoms with Crippen LogP contribution in [0.3, 0.4) is 0 Å². The number of halogens is 1. The maximum absolute atomic E-state index is 13.3. The number of hydrogen-bond acceptors (Lipinski definition) is 7. The molecule has 0 saturated heterocycles. The van der Waals surface area contributed by atoms with Crippen LogP contribution in [0.1, 0.15) is 18.4 Å². The van der Waals surface area contributed by atoms with Crippen LogP contribution in [0.5, 0.6) is 11.5 Å². The molecule has 7 nitrogen and oxygen atoms in total. The fraction of sp³-hybridized carbons (Fsp3) is 0.300. The van der Waals surface area contributed by atoms with Crippen molar-refractivity contribution in [2.45, 2.75) is 23.0 Å². The fourth-order valence-corrected chi connectivity index (χ4v) is 6.14. The van der Waals surface area contributed by atoms with Crippen molar-refractivity contribution in [2.75, 3.05) is 13.4 Å². The summed E-state index contributed by atoms with van der Waals surface area (Å²) >= 11 is 5.86. The molecule has 0 N–H and O–H groups in total. The largest absolute Gasteiger partial charge is 0.465 e. The molecular weight excluding hydrogens is 418 g/mol. The molecule has 9 heteroatoms. The summed E-state index contributed by atoms with van der Waals surface area (Å²) in [5.74, 6) is -0.799. The molecular formula is C20H16ClNO6S. The Kier molecular flexibility index (Phi) is 4.68. The summed E-state index contributed by atoms with van der Waals surface area (Å²) in [6.07, 6.45) is 0. The molecule has 1 saturated carbocycles. The Hall–Kier alpha value is -2.76. The van der Waals surface area contributed by atoms with Gasteiger partial charge in [-0.05, 0) is 48.9 Å². The Labute approximate surface area is 172 Å². The van der Waals surface area contributed by atoms with E-state index in [-0.39, 0.29) is 18.3 Å². The predicted molar refractivity (Wildman–Crippen MR) is 102 cm³/mol. The van der Waals surface area contributed by atoms with Gasteiger partial charge in [0.1, 0.15) is 5.25 Å². The number of nitriles is 1. The highest BCUT2D eigenvalue weighted by atomic mass is 35.5. The molecule has 1 heterocycles. The normalized spacial score (nSPS) is 24.6. The zero-order valence-corrected chi connectivity index (χ0v) is 16.9. The molecule has 0 spiro atoms. The summed E-state index contributed by atoms with van der Waals surface area (Å²) in [6, 6.07) is 12.4. The maximum Gasteiger partial charge on any atom is 0.328 e. The van der Waals surface area contributed by atoms with E-state index >= 15 is 0 Å². The molecule has 0 bridgehead atoms. The number of esters is 1. The number of carbonyl (C=O) groups is 1. The number of ether oxygens (including phenoxy) is 3. The van der Waals surface area contributed by atoms with E-state index in [1.807, 2.05) is 6.07 Å². The minimum Gasteiger partial charge on any atom is -0.465 e. The summed E-state index contributed by atoms with van der Waals surface area (Å²) in [5, 5.41) is 9.00. The van der Waals surface area contributed by atoms with Crippen molar-refractivity contribution in [1.29, 1.82) is 5.26 Å². The second kappa shape index (κ2) is 6.94. The molecule has 0 unspecified atom stereocenters. The summed E-state index contributed by atoms with van der Waals surface area (Å²) in [7, 11) is -4.03. The number of benzene rings is 2. The van der Waals surface area contributed by atoms with Crippen LogP contribution in [0.25, 0.3) is 0 Å². The summed E-state index contributed by atoms with van der Waals surface area (Å²) in [4.78, 5) is 12.7. The molecule has 1 aliphatic carbocycles. The summed E-state index contributed by atoms with van der Waals surface area (Å²) < 4.78 is 42.4. The van der Waals surface area contributed by atoms with Crippen LogP contribution < -0.4 is 9.47 Å². The SMILES string of the molecule is CCOC(=O)[C@]1(C#N)[C@H](c2ccc3c(c2)OCO3)[C@H]1S(=O)(=O)c1ccc(Cl)cc1. The summed E-state index contributed by atoms with van der Waals surface area (Å²) in [6.45, 7) is 1.69. The number of carbonyl (C=O) groups excluding carboxylic acids is 1. The van der Waals surface area contributed by atoms with Gasteiger partial charge in [-0.25, -0.2) is 8.42 Å². The summed E-state index contributed by atoms with van der Waals surface area (Å²) in [5.41, 5.74) is -1.35. The van der Waals surface area contributed by atoms with Gasteiger partial charge in [0.05, 0.1) is 17.6 Å². The van der Waals surface area contributed by atoms with Gasteiger partial charge in [-0.15, -0.1) is 0 Å². The van der Waals surface area contributed by atoms with Crippen LogP contribution in [0.2, 0.25) is 5.02 Å². The van der Waals surface area contributed by atoms with Crippen molar-refractivity contribution in [3.63, 3.8) is 0 Å². The number of rotatable bonds is 5. The number of nitrogens with zero attached hydrogens (tertiary/aromatic N) is 1. The van der Waals surface area contributed by atoms with Crippen molar-refractivity contribution < 1.29 is 27.4 Å². The first kappa shape index (κ1) is 19.6. The van der Waals surface area contributed by atoms with Gasteiger partial charge in [0.15, 0.2) is 26.8 Å². The molecule has 0 amide bonds. The minimum atomic E-state index is -4.03. The van der Waals surface area contributed by atoms with Crippen LogP contribution in [0.15, 0.2) is 47.4 Å². The van der Waals surface area contributed by atoms with E-state index in [4.69, 9.17) is 25.8 Å². The van der Waals surface area contributed by atoms with Crippen molar-refractivity contribution in [1.82, 2.24) is 0 Å². The molecule has 0 radical (unpaired) electrons. The van der Waals surface area contributed by atoms with Crippen molar-refractivity contribution in [3.05, 3.63) is 53.1 Å². The van der Waals surface area contributed by atoms with E-state index in [9.17, 15) is 18.5 Å². The van der Waals surface area contributed by atoms with E-state index in [1.165, 1.54) is 24.3 Å². The minimum absolute atomic E-state index is 0.0148. The van der Waals surface area contributed by atoms with Gasteiger partial charge < -0.3 is 14.2 Å². The monoisotopic (exact) mass is 433 g/mol. The zero-order valence-electron chi connectivity index (χ0n) is 15.3. The highest BCUT2D eigenvalue weighted by molar-refractivity contribution is 7.92. The Balaban J connectivity index is 1.82. The van der Waals surface area contributed by atoms with Crippen molar-refractivity contribution >= 4 is 27.4 Å². The highest BCUT2D eigenvalue weighted by Crippen LogP contribution is 2.65. The first-order valence-corrected chi connectivity index (χ1v) is 10.8. The quantitative estimate of drug-likeness (QED) is 0.667. The van der Waals surface area contributed by atoms with Gasteiger partial charge in [0, 0.05) is 10.9 Å². The third-order valence-electron chi connectivity index (χ3n) is 5.16. The van der Waals surface area contributed by atoms with Gasteiger partial charge in [0.2, 0.25) is 6.79 Å². The third-order valence-corrected chi connectivity index (χ3v) is 7.66. The van der Waals surface area contributed by atoms with Crippen molar-refractivity contribution in [2.24, 2.45) is 5.41 Å². The average Bonchev–Trinajstić information content (AvgIpc) is 3.20. The molecule has 150 valence electrons. The molecule has 1 fully saturated rings. The third kappa shape index (κ3) is 2.93. The van der Waals surface area contributed by atoms with E-state index in [1.54, 1.807) is 25.1 Å². The first-order chi connectivity index (χ1) is 13.9. The van der Waals surface area contributed by atoms with Gasteiger partial charge in [-0.1, -0.05) is 17.7 Å². The average molecular weight is 434 g/mol. The lowest BCUT2D eigenvalue weighted by molar-refractivity contribution is -0.147. The Morgan fingerprint density at radius 2 is 1.93 bits per heavy atom. The van der Waals surface area contributed by atoms with Gasteiger partial charge >= 0.3 is 5.97 Å². The van der Waals surface area contributed by atoms with Crippen LogP contribution >= 0.6 is 11.6 Å². The topological polar surface area (TPSA) is 103 Å². The number of hydrogen-bond donors (Lipinski definition) is 0. The molecule has 29 heavy (non-hydrogen) atoms. The van der Waals surface area contributed by atoms with Gasteiger partial charge in [-0.2, -0.15) is 5.26 Å². The van der Waals surface area contributed by atoms with Crippen LogP contribution in [-0.2, 0) is 19.4 Å². The van der Waals surface area contributed by atoms with Gasteiger partial charge in [-0.3, -0.25) is 4.79 Å². The first-order valence-electron chi connectivity index (χ1n) is 8.83. The van der Waals surface area contributed by atoms with Crippen LogP contribution in [0.4, 0.5) is 0 Å². The smallest absolute Gasteiger partial charge is 0.328 e. The second-order valence-corrected chi connectivity index (χ2v) is 9.22. The van der Waals surface area contributed by atoms with Crippen LogP contribution in [0, 0.1) is 16.7 Å². The number of sulfone groups is 1. The molecule has 4 rings (SSSR count). The highest BCUT2D eigenvalue weighted by Gasteiger charge is 2.77. The molecule has 0 aromatic heterocycles.